The molecule has 0 saturated carbocycles. The summed E-state index contributed by atoms with van der Waals surface area (Å²) >= 11 is 0. The van der Waals surface area contributed by atoms with Gasteiger partial charge in [0.1, 0.15) is 0 Å². The molecule has 0 radical (unpaired) electrons. The molecule has 12 rings (SSSR count). The van der Waals surface area contributed by atoms with E-state index in [2.05, 4.69) is 217 Å². The van der Waals surface area contributed by atoms with Crippen LogP contribution in [0, 0.1) is 0 Å². The second-order valence-corrected chi connectivity index (χ2v) is 15.2. The van der Waals surface area contributed by atoms with Gasteiger partial charge >= 0.3 is 0 Å². The van der Waals surface area contributed by atoms with Gasteiger partial charge in [0, 0.05) is 16.8 Å². The maximum absolute atomic E-state index is 2.48. The number of nitrogens with zero attached hydrogens (tertiary/aromatic N) is 1. The Hall–Kier alpha value is -7.48. The lowest BCUT2D eigenvalue weighted by molar-refractivity contribution is 1.30. The van der Waals surface area contributed by atoms with Gasteiger partial charge in [-0.1, -0.05) is 176 Å². The second-order valence-electron chi connectivity index (χ2n) is 15.2. The first-order valence-corrected chi connectivity index (χ1v) is 19.8. The van der Waals surface area contributed by atoms with E-state index < -0.39 is 0 Å². The van der Waals surface area contributed by atoms with Gasteiger partial charge in [-0.15, -0.1) is 0 Å². The normalized spacial score (nSPS) is 11.9. The van der Waals surface area contributed by atoms with Crippen LogP contribution in [0.5, 0.6) is 0 Å². The van der Waals surface area contributed by atoms with Crippen LogP contribution in [0.3, 0.4) is 0 Å². The van der Waals surface area contributed by atoms with E-state index in [0.717, 1.165) is 17.1 Å². The van der Waals surface area contributed by atoms with Gasteiger partial charge in [-0.3, -0.25) is 0 Å². The van der Waals surface area contributed by atoms with Crippen molar-refractivity contribution >= 4 is 114 Å². The predicted octanol–water partition coefficient (Wildman–Crippen LogP) is 16.1. The quantitative estimate of drug-likeness (QED) is 0.164. The molecule has 0 unspecified atom stereocenters. The number of para-hydroxylation sites is 1. The first-order chi connectivity index (χ1) is 28.3. The Morgan fingerprint density at radius 3 is 1.40 bits per heavy atom. The minimum Gasteiger partial charge on any atom is -0.310 e. The third kappa shape index (κ3) is 4.83. The molecule has 0 N–H and O–H groups in total. The van der Waals surface area contributed by atoms with Gasteiger partial charge in [0.2, 0.25) is 0 Å². The van der Waals surface area contributed by atoms with Crippen molar-refractivity contribution in [3.05, 3.63) is 212 Å². The predicted molar refractivity (Wildman–Crippen MR) is 247 cm³/mol. The average Bonchev–Trinajstić information content (AvgIpc) is 3.28. The highest BCUT2D eigenvalue weighted by Crippen LogP contribution is 2.46. The zero-order chi connectivity index (χ0) is 37.5. The monoisotopic (exact) mass is 721 g/mol. The van der Waals surface area contributed by atoms with Gasteiger partial charge in [-0.25, -0.2) is 0 Å². The minimum atomic E-state index is 1.11. The molecule has 0 aliphatic carbocycles. The van der Waals surface area contributed by atoms with Crippen LogP contribution in [-0.4, -0.2) is 0 Å². The van der Waals surface area contributed by atoms with Crippen molar-refractivity contribution in [2.75, 3.05) is 4.90 Å². The Bertz CT molecular complexity index is 3620. The summed E-state index contributed by atoms with van der Waals surface area (Å²) in [6.45, 7) is 0. The zero-order valence-corrected chi connectivity index (χ0v) is 31.2. The summed E-state index contributed by atoms with van der Waals surface area (Å²) in [6, 6.07) is 78.7. The topological polar surface area (TPSA) is 3.24 Å². The Morgan fingerprint density at radius 2 is 0.702 bits per heavy atom. The second kappa shape index (κ2) is 12.5. The van der Waals surface area contributed by atoms with Crippen LogP contribution < -0.4 is 4.90 Å². The highest BCUT2D eigenvalue weighted by atomic mass is 15.1. The molecule has 0 fully saturated rings. The number of anilines is 3. The van der Waals surface area contributed by atoms with Gasteiger partial charge in [-0.2, -0.15) is 0 Å². The molecular formula is C56H35N. The molecule has 1 nitrogen and oxygen atoms in total. The molecule has 0 heterocycles. The molecule has 0 amide bonds. The van der Waals surface area contributed by atoms with Gasteiger partial charge in [0.25, 0.3) is 0 Å². The van der Waals surface area contributed by atoms with Gasteiger partial charge in [0.15, 0.2) is 0 Å². The van der Waals surface area contributed by atoms with E-state index in [9.17, 15) is 0 Å². The molecule has 57 heavy (non-hydrogen) atoms. The summed E-state index contributed by atoms with van der Waals surface area (Å²) < 4.78 is 0. The van der Waals surface area contributed by atoms with E-state index in [0.29, 0.717) is 0 Å². The molecule has 0 saturated heterocycles. The number of rotatable bonds is 3. The highest BCUT2D eigenvalue weighted by Gasteiger charge is 2.19. The maximum Gasteiger partial charge on any atom is 0.0540 e. The van der Waals surface area contributed by atoms with E-state index >= 15 is 0 Å². The Morgan fingerprint density at radius 1 is 0.211 bits per heavy atom. The number of fused-ring (bicyclic) bond motifs is 12. The zero-order valence-electron chi connectivity index (χ0n) is 31.2. The summed E-state index contributed by atoms with van der Waals surface area (Å²) in [4.78, 5) is 2.43. The first kappa shape index (κ1) is 31.8. The molecular weight excluding hydrogens is 687 g/mol. The van der Waals surface area contributed by atoms with Crippen LogP contribution in [-0.2, 0) is 0 Å². The molecule has 0 atom stereocenters. The first-order valence-electron chi connectivity index (χ1n) is 19.8. The largest absolute Gasteiger partial charge is 0.310 e. The minimum absolute atomic E-state index is 1.11. The third-order valence-electron chi connectivity index (χ3n) is 12.1. The lowest BCUT2D eigenvalue weighted by atomic mass is 9.88. The van der Waals surface area contributed by atoms with Crippen LogP contribution in [0.1, 0.15) is 0 Å². The van der Waals surface area contributed by atoms with E-state index in [1.54, 1.807) is 0 Å². The molecule has 12 aromatic carbocycles. The van der Waals surface area contributed by atoms with Crippen molar-refractivity contribution in [2.45, 2.75) is 0 Å². The molecule has 0 spiro atoms. The van der Waals surface area contributed by atoms with Crippen molar-refractivity contribution in [1.29, 1.82) is 0 Å². The summed E-state index contributed by atoms with van der Waals surface area (Å²) in [5.41, 5.74) is 3.37. The smallest absolute Gasteiger partial charge is 0.0540 e. The number of hydrogen-bond donors (Lipinski definition) is 0. The Labute approximate surface area is 329 Å². The average molecular weight is 722 g/mol. The SMILES string of the molecule is c1ccc(N(c2ccc3c4ccccc4c4ccccc4c4ccccc4c4c(cc5ccc6cccc7ccc4c5c67)c3c2)c2cccc3ccccc23)cc1. The molecule has 0 aliphatic rings. The van der Waals surface area contributed by atoms with E-state index in [4.69, 9.17) is 0 Å². The third-order valence-corrected chi connectivity index (χ3v) is 12.1. The molecule has 12 aromatic rings. The van der Waals surface area contributed by atoms with Crippen molar-refractivity contribution in [3.63, 3.8) is 0 Å². The maximum atomic E-state index is 2.48. The van der Waals surface area contributed by atoms with Crippen LogP contribution in [0.2, 0.25) is 0 Å². The number of benzene rings is 11. The van der Waals surface area contributed by atoms with E-state index in [1.807, 2.05) is 0 Å². The van der Waals surface area contributed by atoms with E-state index in [-0.39, 0.29) is 0 Å². The van der Waals surface area contributed by atoms with Crippen molar-refractivity contribution < 1.29 is 0 Å². The molecule has 0 aromatic heterocycles. The van der Waals surface area contributed by atoms with Crippen LogP contribution in [0.4, 0.5) is 17.1 Å². The van der Waals surface area contributed by atoms with Gasteiger partial charge in [-0.05, 0) is 128 Å². The van der Waals surface area contributed by atoms with Crippen molar-refractivity contribution in [2.24, 2.45) is 0 Å². The fraction of sp³-hybridized carbons (Fsp3) is 0. The highest BCUT2D eigenvalue weighted by molar-refractivity contribution is 6.36. The fourth-order valence-corrected chi connectivity index (χ4v) is 9.69. The molecule has 0 aliphatic heterocycles. The summed E-state index contributed by atoms with van der Waals surface area (Å²) in [5.74, 6) is 0. The molecule has 264 valence electrons. The summed E-state index contributed by atoms with van der Waals surface area (Å²) in [5, 5.41) is 22.5. The molecule has 0 bridgehead atoms. The standard InChI is InChI=1S/C56H35N/c1-2-18-40(19-3-1)57(53-27-13-15-36-14-4-5-20-42(36)53)41-31-33-48-46-24-9-7-22-44(46)43-21-6-8-23-45(43)47-25-10-11-26-49(47)56-50-32-30-38-17-12-16-37-28-29-39(55(50)54(37)38)34-52(56)51(48)35-41/h1-35H. The summed E-state index contributed by atoms with van der Waals surface area (Å²) in [7, 11) is 0. The lowest BCUT2D eigenvalue weighted by Crippen LogP contribution is -2.10. The van der Waals surface area contributed by atoms with E-state index in [1.165, 1.54) is 97.0 Å². The van der Waals surface area contributed by atoms with Gasteiger partial charge < -0.3 is 4.90 Å². The summed E-state index contributed by atoms with van der Waals surface area (Å²) in [6.07, 6.45) is 0. The van der Waals surface area contributed by atoms with Crippen LogP contribution in [0.15, 0.2) is 212 Å². The van der Waals surface area contributed by atoms with Crippen LogP contribution in [0.25, 0.3) is 97.0 Å². The fourth-order valence-electron chi connectivity index (χ4n) is 9.69. The number of hydrogen-bond acceptors (Lipinski definition) is 1. The van der Waals surface area contributed by atoms with Crippen molar-refractivity contribution in [3.8, 4) is 0 Å². The van der Waals surface area contributed by atoms with Crippen LogP contribution >= 0.6 is 0 Å². The molecule has 1 heteroatoms. The Kier molecular flexibility index (Phi) is 7.00. The van der Waals surface area contributed by atoms with Gasteiger partial charge in [0.05, 0.1) is 5.69 Å². The lowest BCUT2D eigenvalue weighted by Gasteiger charge is -2.27. The van der Waals surface area contributed by atoms with Crippen molar-refractivity contribution in [1.82, 2.24) is 0 Å². The Balaban J connectivity index is 1.36.